The Labute approximate surface area is 136 Å². The number of halogens is 1. The van der Waals surface area contributed by atoms with Crippen molar-refractivity contribution in [1.29, 1.82) is 0 Å². The van der Waals surface area contributed by atoms with Crippen molar-refractivity contribution in [2.45, 2.75) is 45.6 Å². The Morgan fingerprint density at radius 3 is 2.81 bits per heavy atom. The van der Waals surface area contributed by atoms with Gasteiger partial charge in [0, 0.05) is 31.6 Å². The Kier molecular flexibility index (Phi) is 7.99. The second-order valence-electron chi connectivity index (χ2n) is 6.78. The lowest BCUT2D eigenvalue weighted by atomic mass is 9.92. The molecule has 0 aliphatic carbocycles. The zero-order valence-corrected chi connectivity index (χ0v) is 14.6. The van der Waals surface area contributed by atoms with Gasteiger partial charge in [-0.05, 0) is 58.7 Å². The molecular weight excluding hydrogens is 286 g/mol. The summed E-state index contributed by atoms with van der Waals surface area (Å²) in [5.41, 5.74) is 0. The second-order valence-corrected chi connectivity index (χ2v) is 6.78. The molecule has 2 saturated heterocycles. The minimum absolute atomic E-state index is 0. The van der Waals surface area contributed by atoms with Crippen molar-refractivity contribution in [3.8, 4) is 0 Å². The first-order valence-corrected chi connectivity index (χ1v) is 8.30. The number of hydrogen-bond acceptors (Lipinski definition) is 3. The molecule has 3 atom stereocenters. The quantitative estimate of drug-likeness (QED) is 0.842. The third kappa shape index (κ3) is 5.42. The monoisotopic (exact) mass is 317 g/mol. The molecule has 5 heteroatoms. The summed E-state index contributed by atoms with van der Waals surface area (Å²) in [6, 6.07) is 0.492. The number of hydrogen-bond donors (Lipinski definition) is 1. The van der Waals surface area contributed by atoms with Crippen molar-refractivity contribution in [1.82, 2.24) is 15.1 Å². The van der Waals surface area contributed by atoms with E-state index < -0.39 is 0 Å². The van der Waals surface area contributed by atoms with Crippen LogP contribution in [0, 0.1) is 11.8 Å². The maximum Gasteiger partial charge on any atom is 0.225 e. The molecule has 1 N–H and O–H groups in total. The molecule has 2 heterocycles. The lowest BCUT2D eigenvalue weighted by Gasteiger charge is -2.30. The van der Waals surface area contributed by atoms with Crippen LogP contribution in [0.25, 0.3) is 0 Å². The summed E-state index contributed by atoms with van der Waals surface area (Å²) in [7, 11) is 2.20. The molecule has 1 unspecified atom stereocenters. The van der Waals surface area contributed by atoms with Crippen LogP contribution in [-0.2, 0) is 4.79 Å². The van der Waals surface area contributed by atoms with Crippen LogP contribution in [0.15, 0.2) is 0 Å². The minimum Gasteiger partial charge on any atom is -0.342 e. The summed E-state index contributed by atoms with van der Waals surface area (Å²) >= 11 is 0. The second kappa shape index (κ2) is 8.96. The molecule has 1 amide bonds. The highest BCUT2D eigenvalue weighted by Gasteiger charge is 2.33. The van der Waals surface area contributed by atoms with Gasteiger partial charge in [0.25, 0.3) is 0 Å². The molecule has 4 nitrogen and oxygen atoms in total. The van der Waals surface area contributed by atoms with Crippen molar-refractivity contribution < 1.29 is 4.79 Å². The lowest BCUT2D eigenvalue weighted by molar-refractivity contribution is -0.135. The first-order chi connectivity index (χ1) is 9.60. The largest absolute Gasteiger partial charge is 0.342 e. The molecule has 0 aromatic heterocycles. The first kappa shape index (κ1) is 18.7. The van der Waals surface area contributed by atoms with Crippen LogP contribution in [0.3, 0.4) is 0 Å². The number of amides is 1. The highest BCUT2D eigenvalue weighted by molar-refractivity contribution is 5.85. The standard InChI is InChI=1S/C16H31N3O.ClH/c1-4-8-18(3)11-14-6-9-19(12-14)16(20)15-5-7-17-13(2)10-15;/h13-15,17H,4-12H2,1-3H3;1H/t13-,14?,15-;/m0./s1. The van der Waals surface area contributed by atoms with E-state index >= 15 is 0 Å². The van der Waals surface area contributed by atoms with Crippen molar-refractivity contribution in [3.63, 3.8) is 0 Å². The van der Waals surface area contributed by atoms with Gasteiger partial charge in [0.2, 0.25) is 5.91 Å². The van der Waals surface area contributed by atoms with Gasteiger partial charge < -0.3 is 15.1 Å². The number of rotatable bonds is 5. The van der Waals surface area contributed by atoms with Crippen molar-refractivity contribution >= 4 is 18.3 Å². The fourth-order valence-corrected chi connectivity index (χ4v) is 3.71. The number of nitrogens with zero attached hydrogens (tertiary/aromatic N) is 2. The van der Waals surface area contributed by atoms with Crippen LogP contribution in [0.2, 0.25) is 0 Å². The smallest absolute Gasteiger partial charge is 0.225 e. The maximum absolute atomic E-state index is 12.6. The highest BCUT2D eigenvalue weighted by Crippen LogP contribution is 2.24. The minimum atomic E-state index is 0. The topological polar surface area (TPSA) is 35.6 Å². The molecule has 0 bridgehead atoms. The van der Waals surface area contributed by atoms with Gasteiger partial charge >= 0.3 is 0 Å². The van der Waals surface area contributed by atoms with E-state index in [9.17, 15) is 4.79 Å². The molecule has 0 aromatic carbocycles. The van der Waals surface area contributed by atoms with Gasteiger partial charge in [-0.15, -0.1) is 12.4 Å². The van der Waals surface area contributed by atoms with Crippen LogP contribution in [0.5, 0.6) is 0 Å². The Hall–Kier alpha value is -0.320. The normalized spacial score (nSPS) is 29.5. The average Bonchev–Trinajstić information content (AvgIpc) is 2.86. The Bertz CT molecular complexity index is 327. The van der Waals surface area contributed by atoms with Crippen LogP contribution < -0.4 is 5.32 Å². The summed E-state index contributed by atoms with van der Waals surface area (Å²) in [5, 5.41) is 3.43. The van der Waals surface area contributed by atoms with E-state index in [1.165, 1.54) is 12.8 Å². The Balaban J connectivity index is 0.00000220. The molecule has 0 spiro atoms. The summed E-state index contributed by atoms with van der Waals surface area (Å²) in [6.45, 7) is 9.66. The van der Waals surface area contributed by atoms with Gasteiger partial charge in [0.1, 0.15) is 0 Å². The maximum atomic E-state index is 12.6. The van der Waals surface area contributed by atoms with Gasteiger partial charge in [-0.3, -0.25) is 4.79 Å². The Morgan fingerprint density at radius 1 is 1.38 bits per heavy atom. The number of piperidine rings is 1. The highest BCUT2D eigenvalue weighted by atomic mass is 35.5. The van der Waals surface area contributed by atoms with Gasteiger partial charge in [0.05, 0.1) is 0 Å². The number of likely N-dealkylation sites (tertiary alicyclic amines) is 1. The predicted molar refractivity (Wildman–Crippen MR) is 89.9 cm³/mol. The van der Waals surface area contributed by atoms with E-state index in [1.807, 2.05) is 0 Å². The summed E-state index contributed by atoms with van der Waals surface area (Å²) < 4.78 is 0. The molecule has 0 radical (unpaired) electrons. The molecule has 21 heavy (non-hydrogen) atoms. The van der Waals surface area contributed by atoms with Crippen molar-refractivity contribution in [3.05, 3.63) is 0 Å². The Morgan fingerprint density at radius 2 is 2.14 bits per heavy atom. The molecule has 2 fully saturated rings. The molecule has 2 aliphatic heterocycles. The fourth-order valence-electron chi connectivity index (χ4n) is 3.71. The van der Waals surface area contributed by atoms with Gasteiger partial charge in [-0.25, -0.2) is 0 Å². The van der Waals surface area contributed by atoms with Crippen molar-refractivity contribution in [2.24, 2.45) is 11.8 Å². The summed E-state index contributed by atoms with van der Waals surface area (Å²) in [5.74, 6) is 1.35. The third-order valence-electron chi connectivity index (χ3n) is 4.75. The van der Waals surface area contributed by atoms with Crippen molar-refractivity contribution in [2.75, 3.05) is 39.8 Å². The van der Waals surface area contributed by atoms with Gasteiger partial charge in [-0.1, -0.05) is 6.92 Å². The molecule has 2 rings (SSSR count). The molecule has 0 saturated carbocycles. The predicted octanol–water partition coefficient (Wildman–Crippen LogP) is 1.99. The summed E-state index contributed by atoms with van der Waals surface area (Å²) in [6.07, 6.45) is 4.41. The van der Waals surface area contributed by atoms with Crippen LogP contribution >= 0.6 is 12.4 Å². The van der Waals surface area contributed by atoms with E-state index in [4.69, 9.17) is 0 Å². The number of nitrogens with one attached hydrogen (secondary N) is 1. The molecule has 124 valence electrons. The molecule has 2 aliphatic rings. The van der Waals surface area contributed by atoms with Crippen LogP contribution in [0.4, 0.5) is 0 Å². The van der Waals surface area contributed by atoms with E-state index in [0.717, 1.165) is 45.6 Å². The zero-order valence-electron chi connectivity index (χ0n) is 13.8. The SMILES string of the molecule is CCCN(C)CC1CCN(C(=O)[C@H]2CCN[C@@H](C)C2)C1.Cl. The fraction of sp³-hybridized carbons (Fsp3) is 0.938. The number of carbonyl (C=O) groups excluding carboxylic acids is 1. The zero-order chi connectivity index (χ0) is 14.5. The van der Waals surface area contributed by atoms with E-state index in [-0.39, 0.29) is 18.3 Å². The summed E-state index contributed by atoms with van der Waals surface area (Å²) in [4.78, 5) is 17.1. The van der Waals surface area contributed by atoms with E-state index in [2.05, 4.69) is 36.0 Å². The van der Waals surface area contributed by atoms with Crippen LogP contribution in [0.1, 0.15) is 39.5 Å². The van der Waals surface area contributed by atoms with Gasteiger partial charge in [-0.2, -0.15) is 0 Å². The average molecular weight is 318 g/mol. The lowest BCUT2D eigenvalue weighted by Crippen LogP contribution is -2.43. The van der Waals surface area contributed by atoms with E-state index in [0.29, 0.717) is 17.9 Å². The molecular formula is C16H32ClN3O. The van der Waals surface area contributed by atoms with Crippen LogP contribution in [-0.4, -0.2) is 61.5 Å². The molecule has 0 aromatic rings. The first-order valence-electron chi connectivity index (χ1n) is 8.30. The number of carbonyl (C=O) groups is 1. The van der Waals surface area contributed by atoms with Gasteiger partial charge in [0.15, 0.2) is 0 Å². The van der Waals surface area contributed by atoms with E-state index in [1.54, 1.807) is 0 Å². The third-order valence-corrected chi connectivity index (χ3v) is 4.75.